The Hall–Kier alpha value is -1.71. The first-order valence-electron chi connectivity index (χ1n) is 18.2. The summed E-state index contributed by atoms with van der Waals surface area (Å²) in [5, 5.41) is 18.1. The molecule has 1 saturated carbocycles. The first-order chi connectivity index (χ1) is 23.0. The number of carbonyl (C=O) groups is 3. The van der Waals surface area contributed by atoms with Crippen LogP contribution in [0.3, 0.4) is 0 Å². The molecule has 284 valence electrons. The summed E-state index contributed by atoms with van der Waals surface area (Å²) < 4.78 is 31.4. The molecular weight excluding hydrogens is 632 g/mol. The molecule has 2 heterocycles. The second-order valence-corrected chi connectivity index (χ2v) is 15.5. The van der Waals surface area contributed by atoms with Crippen molar-refractivity contribution in [3.63, 3.8) is 0 Å². The number of ketones is 1. The fourth-order valence-electron chi connectivity index (χ4n) is 8.10. The predicted octanol–water partition coefficient (Wildman–Crippen LogP) is 2.12. The number of amides is 1. The quantitative estimate of drug-likeness (QED) is 0.165. The standard InChI is InChI=1S/C36H66N4O9/c1-12-29-36(6,46-11)32(38-21-41)24(4)40(9)20-22(2)18-35(5,45-10)33(23(3)28(42)17-30(43)48-29)49-34-31(44)27(39(7)8)16-26(47-34)19-37-25-14-13-15-25/h21-27,29,31-34,37,44H,12-20H2,1-11H3,(H,38,41)/t22-,23+,24-,26+,27?,29-,31-,32-,33-,34+,35-,36-/m1/s1. The van der Waals surface area contributed by atoms with Crippen LogP contribution in [0.25, 0.3) is 0 Å². The van der Waals surface area contributed by atoms with Gasteiger partial charge in [-0.25, -0.2) is 0 Å². The molecule has 49 heavy (non-hydrogen) atoms. The molecule has 1 amide bonds. The summed E-state index contributed by atoms with van der Waals surface area (Å²) in [7, 11) is 8.98. The third-order valence-corrected chi connectivity index (χ3v) is 11.7. The predicted molar refractivity (Wildman–Crippen MR) is 186 cm³/mol. The van der Waals surface area contributed by atoms with Crippen LogP contribution in [-0.4, -0.2) is 148 Å². The minimum Gasteiger partial charge on any atom is -0.459 e. The highest BCUT2D eigenvalue weighted by molar-refractivity contribution is 5.97. The maximum atomic E-state index is 14.0. The van der Waals surface area contributed by atoms with Crippen LogP contribution in [0.4, 0.5) is 0 Å². The van der Waals surface area contributed by atoms with Gasteiger partial charge in [-0.15, -0.1) is 0 Å². The molecule has 1 aliphatic carbocycles. The average molecular weight is 699 g/mol. The van der Waals surface area contributed by atoms with E-state index in [9.17, 15) is 19.5 Å². The number of aliphatic hydroxyl groups excluding tert-OH is 1. The lowest BCUT2D eigenvalue weighted by atomic mass is 9.79. The van der Waals surface area contributed by atoms with Crippen molar-refractivity contribution in [1.82, 2.24) is 20.4 Å². The zero-order valence-corrected chi connectivity index (χ0v) is 31.9. The first kappa shape index (κ1) is 41.7. The molecule has 13 heteroatoms. The second kappa shape index (κ2) is 18.2. The summed E-state index contributed by atoms with van der Waals surface area (Å²) in [4.78, 5) is 43.4. The van der Waals surface area contributed by atoms with E-state index in [0.717, 1.165) is 12.8 Å². The Morgan fingerprint density at radius 2 is 1.80 bits per heavy atom. The number of nitrogens with one attached hydrogen (secondary N) is 2. The number of aliphatic hydroxyl groups is 1. The number of hydrogen-bond donors (Lipinski definition) is 3. The number of hydrogen-bond acceptors (Lipinski definition) is 12. The van der Waals surface area contributed by atoms with E-state index in [1.54, 1.807) is 14.0 Å². The van der Waals surface area contributed by atoms with E-state index >= 15 is 0 Å². The zero-order valence-electron chi connectivity index (χ0n) is 31.9. The molecule has 2 aliphatic heterocycles. The van der Waals surface area contributed by atoms with Crippen LogP contribution >= 0.6 is 0 Å². The smallest absolute Gasteiger partial charge is 0.313 e. The van der Waals surface area contributed by atoms with Crippen LogP contribution in [0, 0.1) is 11.8 Å². The Bertz CT molecular complexity index is 1080. The zero-order chi connectivity index (χ0) is 36.7. The molecule has 2 saturated heterocycles. The molecule has 13 nitrogen and oxygen atoms in total. The average Bonchev–Trinajstić information content (AvgIpc) is 3.03. The normalized spacial score (nSPS) is 41.0. The molecule has 0 aromatic rings. The number of carbonyl (C=O) groups excluding carboxylic acids is 3. The summed E-state index contributed by atoms with van der Waals surface area (Å²) in [5.41, 5.74) is -2.10. The highest BCUT2D eigenvalue weighted by Crippen LogP contribution is 2.37. The van der Waals surface area contributed by atoms with Crippen molar-refractivity contribution in [1.29, 1.82) is 0 Å². The molecule has 3 rings (SSSR count). The maximum Gasteiger partial charge on any atom is 0.313 e. The number of likely N-dealkylation sites (N-methyl/N-ethyl adjacent to an activating group) is 2. The van der Waals surface area contributed by atoms with Crippen molar-refractivity contribution in [2.24, 2.45) is 11.8 Å². The van der Waals surface area contributed by atoms with Gasteiger partial charge in [-0.2, -0.15) is 0 Å². The lowest BCUT2D eigenvalue weighted by Gasteiger charge is -2.47. The first-order valence-corrected chi connectivity index (χ1v) is 18.2. The lowest BCUT2D eigenvalue weighted by Crippen LogP contribution is -2.65. The van der Waals surface area contributed by atoms with Gasteiger partial charge in [-0.05, 0) is 79.9 Å². The number of nitrogens with zero attached hydrogens (tertiary/aromatic N) is 2. The van der Waals surface area contributed by atoms with E-state index < -0.39 is 60.2 Å². The van der Waals surface area contributed by atoms with Gasteiger partial charge >= 0.3 is 5.97 Å². The number of methoxy groups -OCH3 is 2. The van der Waals surface area contributed by atoms with Crippen LogP contribution in [0.2, 0.25) is 0 Å². The van der Waals surface area contributed by atoms with Crippen LogP contribution in [0.1, 0.15) is 86.5 Å². The summed E-state index contributed by atoms with van der Waals surface area (Å²) in [6.45, 7) is 12.7. The molecule has 3 fully saturated rings. The summed E-state index contributed by atoms with van der Waals surface area (Å²) in [6, 6.07) is -0.523. The third kappa shape index (κ3) is 10.0. The lowest BCUT2D eigenvalue weighted by molar-refractivity contribution is -0.297. The highest BCUT2D eigenvalue weighted by Gasteiger charge is 2.50. The van der Waals surface area contributed by atoms with Gasteiger partial charge in [0, 0.05) is 51.4 Å². The van der Waals surface area contributed by atoms with Crippen molar-refractivity contribution >= 4 is 18.2 Å². The Kier molecular flexibility index (Phi) is 15.5. The number of ether oxygens (including phenoxy) is 5. The summed E-state index contributed by atoms with van der Waals surface area (Å²) >= 11 is 0. The van der Waals surface area contributed by atoms with E-state index in [0.29, 0.717) is 44.8 Å². The molecule has 1 unspecified atom stereocenters. The van der Waals surface area contributed by atoms with E-state index in [2.05, 4.69) is 22.5 Å². The molecule has 0 bridgehead atoms. The van der Waals surface area contributed by atoms with Gasteiger partial charge in [0.05, 0.1) is 23.9 Å². The molecule has 0 spiro atoms. The largest absolute Gasteiger partial charge is 0.459 e. The Balaban J connectivity index is 2.00. The molecular formula is C36H66N4O9. The molecule has 0 radical (unpaired) electrons. The topological polar surface area (TPSA) is 148 Å². The van der Waals surface area contributed by atoms with Crippen LogP contribution in [0.15, 0.2) is 0 Å². The van der Waals surface area contributed by atoms with Crippen molar-refractivity contribution in [3.05, 3.63) is 0 Å². The maximum absolute atomic E-state index is 14.0. The molecule has 3 aliphatic rings. The molecule has 12 atom stereocenters. The fraction of sp³-hybridized carbons (Fsp3) is 0.917. The molecule has 0 aromatic heterocycles. The van der Waals surface area contributed by atoms with Crippen LogP contribution in [0.5, 0.6) is 0 Å². The van der Waals surface area contributed by atoms with E-state index in [1.165, 1.54) is 13.5 Å². The van der Waals surface area contributed by atoms with Crippen LogP contribution < -0.4 is 10.6 Å². The van der Waals surface area contributed by atoms with Gasteiger partial charge in [0.25, 0.3) is 0 Å². The van der Waals surface area contributed by atoms with Gasteiger partial charge in [-0.1, -0.05) is 27.2 Å². The number of Topliss-reactive ketones (excluding diaryl/α,β-unsaturated/α-hetero) is 1. The van der Waals surface area contributed by atoms with Crippen molar-refractivity contribution in [2.75, 3.05) is 48.5 Å². The number of esters is 1. The van der Waals surface area contributed by atoms with E-state index in [4.69, 9.17) is 23.7 Å². The monoisotopic (exact) mass is 698 g/mol. The molecule has 3 N–H and O–H groups in total. The Morgan fingerprint density at radius 3 is 2.33 bits per heavy atom. The Labute approximate surface area is 294 Å². The summed E-state index contributed by atoms with van der Waals surface area (Å²) in [6.07, 6.45) is 1.34. The van der Waals surface area contributed by atoms with Crippen molar-refractivity contribution in [3.8, 4) is 0 Å². The number of cyclic esters (lactones) is 1. The van der Waals surface area contributed by atoms with Crippen molar-refractivity contribution < 1.29 is 43.2 Å². The highest BCUT2D eigenvalue weighted by atomic mass is 16.7. The molecule has 0 aromatic carbocycles. The minimum absolute atomic E-state index is 0.0348. The minimum atomic E-state index is -1.09. The SMILES string of the molecule is CC[C@H]1OC(=O)CC(=O)[C@H](C)[C@@H](O[C@@H]2O[C@H](CNC3CCC3)CC(N(C)C)[C@H]2O)[C@](C)(OC)C[C@@H](C)CN(C)[C@H](C)[C@@H](NC=O)[C@]1(C)OC. The van der Waals surface area contributed by atoms with Crippen LogP contribution in [-0.2, 0) is 38.1 Å². The Morgan fingerprint density at radius 1 is 1.12 bits per heavy atom. The second-order valence-electron chi connectivity index (χ2n) is 15.5. The summed E-state index contributed by atoms with van der Waals surface area (Å²) in [5.74, 6) is -1.84. The third-order valence-electron chi connectivity index (χ3n) is 11.7. The van der Waals surface area contributed by atoms with Gasteiger partial charge in [0.15, 0.2) is 6.29 Å². The fourth-order valence-corrected chi connectivity index (χ4v) is 8.10. The van der Waals surface area contributed by atoms with Crippen molar-refractivity contribution in [2.45, 2.75) is 153 Å². The van der Waals surface area contributed by atoms with E-state index in [-0.39, 0.29) is 29.9 Å². The van der Waals surface area contributed by atoms with Gasteiger partial charge in [0.1, 0.15) is 30.0 Å². The van der Waals surface area contributed by atoms with Gasteiger partial charge in [-0.3, -0.25) is 14.4 Å². The van der Waals surface area contributed by atoms with E-state index in [1.807, 2.05) is 53.7 Å². The number of rotatable bonds is 11. The van der Waals surface area contributed by atoms with Gasteiger partial charge < -0.3 is 49.2 Å². The van der Waals surface area contributed by atoms with Gasteiger partial charge in [0.2, 0.25) is 6.41 Å².